The van der Waals surface area contributed by atoms with E-state index in [1.807, 2.05) is 19.1 Å². The van der Waals surface area contributed by atoms with Crippen molar-refractivity contribution in [3.05, 3.63) is 90.3 Å². The maximum atomic E-state index is 13.3. The molecule has 6 heteroatoms. The Kier molecular flexibility index (Phi) is 4.95. The molecule has 0 N–H and O–H groups in total. The quantitative estimate of drug-likeness (QED) is 0.664. The van der Waals surface area contributed by atoms with Crippen LogP contribution in [-0.2, 0) is 7.05 Å². The summed E-state index contributed by atoms with van der Waals surface area (Å²) in [7, 11) is 1.57. The summed E-state index contributed by atoms with van der Waals surface area (Å²) in [5, 5.41) is 0. The number of ketones is 1. The SMILES string of the molecule is Cc1ccccc1C(=O)/C=c1/s/c(=C/c2ccc(F)c(F)c2)c(=O)n1C. The van der Waals surface area contributed by atoms with E-state index in [1.165, 1.54) is 22.8 Å². The Morgan fingerprint density at radius 3 is 2.54 bits per heavy atom. The first-order valence-corrected chi connectivity index (χ1v) is 8.63. The normalized spacial score (nSPS) is 12.6. The molecule has 26 heavy (non-hydrogen) atoms. The van der Waals surface area contributed by atoms with Crippen LogP contribution in [0.25, 0.3) is 12.2 Å². The van der Waals surface area contributed by atoms with Crippen molar-refractivity contribution in [2.45, 2.75) is 6.92 Å². The predicted molar refractivity (Wildman–Crippen MR) is 98.7 cm³/mol. The van der Waals surface area contributed by atoms with E-state index >= 15 is 0 Å². The molecule has 0 spiro atoms. The number of Topliss-reactive ketones (excluding diaryl/α,β-unsaturated/α-hetero) is 1. The first kappa shape index (κ1) is 17.9. The van der Waals surface area contributed by atoms with Crippen LogP contribution in [0, 0.1) is 18.6 Å². The molecule has 0 fully saturated rings. The molecule has 0 bridgehead atoms. The third-order valence-electron chi connectivity index (χ3n) is 3.97. The molecule has 0 aliphatic carbocycles. The van der Waals surface area contributed by atoms with Crippen LogP contribution in [-0.4, -0.2) is 10.4 Å². The molecule has 2 aromatic carbocycles. The van der Waals surface area contributed by atoms with Gasteiger partial charge in [0.2, 0.25) is 0 Å². The number of aryl methyl sites for hydroxylation is 1. The van der Waals surface area contributed by atoms with Gasteiger partial charge < -0.3 is 4.57 Å². The highest BCUT2D eigenvalue weighted by molar-refractivity contribution is 7.07. The molecular formula is C20H15F2NO2S. The highest BCUT2D eigenvalue weighted by Gasteiger charge is 2.08. The van der Waals surface area contributed by atoms with Gasteiger partial charge in [0, 0.05) is 18.7 Å². The first-order valence-electron chi connectivity index (χ1n) is 7.81. The van der Waals surface area contributed by atoms with E-state index in [9.17, 15) is 18.4 Å². The molecule has 1 heterocycles. The summed E-state index contributed by atoms with van der Waals surface area (Å²) in [5.41, 5.74) is 1.49. The zero-order valence-corrected chi connectivity index (χ0v) is 14.9. The van der Waals surface area contributed by atoms with Crippen molar-refractivity contribution in [3.8, 4) is 0 Å². The number of carbonyl (C=O) groups is 1. The largest absolute Gasteiger partial charge is 0.302 e. The second-order valence-electron chi connectivity index (χ2n) is 5.81. The zero-order chi connectivity index (χ0) is 18.8. The average Bonchev–Trinajstić information content (AvgIpc) is 2.86. The maximum Gasteiger partial charge on any atom is 0.268 e. The van der Waals surface area contributed by atoms with Gasteiger partial charge in [0.1, 0.15) is 4.66 Å². The fourth-order valence-corrected chi connectivity index (χ4v) is 3.53. The molecular weight excluding hydrogens is 356 g/mol. The molecule has 0 aliphatic heterocycles. The van der Waals surface area contributed by atoms with Crippen LogP contribution in [0.1, 0.15) is 21.5 Å². The molecule has 0 aliphatic rings. The Morgan fingerprint density at radius 1 is 1.12 bits per heavy atom. The molecule has 0 saturated carbocycles. The summed E-state index contributed by atoms with van der Waals surface area (Å²) in [5.74, 6) is -2.12. The summed E-state index contributed by atoms with van der Waals surface area (Å²) in [6.45, 7) is 1.84. The van der Waals surface area contributed by atoms with Crippen molar-refractivity contribution < 1.29 is 13.6 Å². The Labute approximate surface area is 152 Å². The van der Waals surface area contributed by atoms with Crippen LogP contribution in [0.15, 0.2) is 47.3 Å². The second-order valence-corrected chi connectivity index (χ2v) is 6.87. The maximum absolute atomic E-state index is 13.3. The molecule has 0 unspecified atom stereocenters. The molecule has 3 rings (SSSR count). The lowest BCUT2D eigenvalue weighted by atomic mass is 10.1. The van der Waals surface area contributed by atoms with E-state index < -0.39 is 11.6 Å². The molecule has 1 aromatic heterocycles. The lowest BCUT2D eigenvalue weighted by Gasteiger charge is -1.99. The van der Waals surface area contributed by atoms with E-state index in [-0.39, 0.29) is 11.3 Å². The molecule has 3 nitrogen and oxygen atoms in total. The predicted octanol–water partition coefficient (Wildman–Crippen LogP) is 2.53. The summed E-state index contributed by atoms with van der Waals surface area (Å²) in [6, 6.07) is 10.6. The minimum atomic E-state index is -0.978. The highest BCUT2D eigenvalue weighted by atomic mass is 32.1. The second kappa shape index (κ2) is 7.17. The number of benzene rings is 2. The van der Waals surface area contributed by atoms with Gasteiger partial charge >= 0.3 is 0 Å². The highest BCUT2D eigenvalue weighted by Crippen LogP contribution is 2.09. The molecule has 0 radical (unpaired) electrons. The van der Waals surface area contributed by atoms with E-state index in [0.29, 0.717) is 20.3 Å². The summed E-state index contributed by atoms with van der Waals surface area (Å²) in [4.78, 5) is 24.9. The van der Waals surface area contributed by atoms with Crippen LogP contribution in [0.2, 0.25) is 0 Å². The fraction of sp³-hybridized carbons (Fsp3) is 0.100. The van der Waals surface area contributed by atoms with E-state index in [0.717, 1.165) is 29.0 Å². The lowest BCUT2D eigenvalue weighted by molar-refractivity contribution is 0.106. The molecule has 0 amide bonds. The number of carbonyl (C=O) groups excluding carboxylic acids is 1. The Hall–Kier alpha value is -2.86. The molecule has 132 valence electrons. The first-order chi connectivity index (χ1) is 12.4. The van der Waals surface area contributed by atoms with Gasteiger partial charge in [-0.15, -0.1) is 11.3 Å². The van der Waals surface area contributed by atoms with Crippen molar-refractivity contribution >= 4 is 29.3 Å². The summed E-state index contributed by atoms with van der Waals surface area (Å²) >= 11 is 1.12. The van der Waals surface area contributed by atoms with Crippen molar-refractivity contribution in [1.82, 2.24) is 4.57 Å². The Morgan fingerprint density at radius 2 is 1.85 bits per heavy atom. The van der Waals surface area contributed by atoms with Crippen molar-refractivity contribution in [2.24, 2.45) is 7.05 Å². The van der Waals surface area contributed by atoms with E-state index in [1.54, 1.807) is 19.2 Å². The fourth-order valence-electron chi connectivity index (χ4n) is 2.50. The average molecular weight is 371 g/mol. The van der Waals surface area contributed by atoms with Gasteiger partial charge in [0.15, 0.2) is 17.4 Å². The van der Waals surface area contributed by atoms with Gasteiger partial charge in [-0.25, -0.2) is 8.78 Å². The summed E-state index contributed by atoms with van der Waals surface area (Å²) < 4.78 is 28.6. The van der Waals surface area contributed by atoms with E-state index in [2.05, 4.69) is 0 Å². The van der Waals surface area contributed by atoms with Gasteiger partial charge in [-0.2, -0.15) is 0 Å². The number of hydrogen-bond acceptors (Lipinski definition) is 3. The number of nitrogens with zero attached hydrogens (tertiary/aromatic N) is 1. The van der Waals surface area contributed by atoms with Gasteiger partial charge in [-0.3, -0.25) is 9.59 Å². The van der Waals surface area contributed by atoms with Crippen molar-refractivity contribution in [3.63, 3.8) is 0 Å². The standard InChI is InChI=1S/C20H15F2NO2S/c1-12-5-3-4-6-14(12)17(24)11-19-23(2)20(25)18(26-19)10-13-7-8-15(21)16(22)9-13/h3-11H,1-2H3/b18-10+,19-11+. The topological polar surface area (TPSA) is 39.1 Å². The van der Waals surface area contributed by atoms with Crippen LogP contribution in [0.3, 0.4) is 0 Å². The van der Waals surface area contributed by atoms with Crippen LogP contribution in [0.5, 0.6) is 0 Å². The molecule has 0 saturated heterocycles. The number of hydrogen-bond donors (Lipinski definition) is 0. The number of rotatable bonds is 3. The Balaban J connectivity index is 2.09. The Bertz CT molecular complexity index is 1180. The smallest absolute Gasteiger partial charge is 0.268 e. The lowest BCUT2D eigenvalue weighted by Crippen LogP contribution is -2.29. The van der Waals surface area contributed by atoms with Gasteiger partial charge in [0.05, 0.1) is 4.53 Å². The van der Waals surface area contributed by atoms with Gasteiger partial charge in [-0.05, 0) is 36.3 Å². The van der Waals surface area contributed by atoms with Crippen LogP contribution >= 0.6 is 11.3 Å². The number of aromatic nitrogens is 1. The van der Waals surface area contributed by atoms with Crippen molar-refractivity contribution in [2.75, 3.05) is 0 Å². The van der Waals surface area contributed by atoms with Crippen LogP contribution < -0.4 is 14.8 Å². The number of thiazole rings is 1. The van der Waals surface area contributed by atoms with Crippen LogP contribution in [0.4, 0.5) is 8.78 Å². The van der Waals surface area contributed by atoms with Gasteiger partial charge in [0.25, 0.3) is 5.56 Å². The monoisotopic (exact) mass is 371 g/mol. The third-order valence-corrected chi connectivity index (χ3v) is 5.08. The van der Waals surface area contributed by atoms with Crippen molar-refractivity contribution in [1.29, 1.82) is 0 Å². The molecule has 0 atom stereocenters. The third kappa shape index (κ3) is 3.55. The molecule has 3 aromatic rings. The summed E-state index contributed by atoms with van der Waals surface area (Å²) in [6.07, 6.45) is 2.89. The zero-order valence-electron chi connectivity index (χ0n) is 14.1. The minimum Gasteiger partial charge on any atom is -0.302 e. The van der Waals surface area contributed by atoms with Gasteiger partial charge in [-0.1, -0.05) is 30.3 Å². The van der Waals surface area contributed by atoms with E-state index in [4.69, 9.17) is 0 Å². The minimum absolute atomic E-state index is 0.195. The number of halogens is 2.